The SMILES string of the molecule is Cc1cc(Oc2cc(Cl)cc(C#N)c2)ccc1Cl. The molecule has 0 atom stereocenters. The van der Waals surface area contributed by atoms with Crippen LogP contribution in [0.3, 0.4) is 0 Å². The largest absolute Gasteiger partial charge is 0.457 e. The monoisotopic (exact) mass is 277 g/mol. The summed E-state index contributed by atoms with van der Waals surface area (Å²) in [6, 6.07) is 12.3. The van der Waals surface area contributed by atoms with E-state index in [4.69, 9.17) is 33.2 Å². The Kier molecular flexibility index (Phi) is 3.76. The number of nitriles is 1. The number of aryl methyl sites for hydroxylation is 1. The van der Waals surface area contributed by atoms with Gasteiger partial charge in [0.15, 0.2) is 0 Å². The molecule has 0 spiro atoms. The van der Waals surface area contributed by atoms with Crippen LogP contribution in [0.4, 0.5) is 0 Å². The quantitative estimate of drug-likeness (QED) is 0.777. The van der Waals surface area contributed by atoms with Gasteiger partial charge in [0.25, 0.3) is 0 Å². The molecule has 0 heterocycles. The standard InChI is InChI=1S/C14H9Cl2NO/c1-9-4-12(2-3-14(9)16)18-13-6-10(8-17)5-11(15)7-13/h2-7H,1H3. The molecular weight excluding hydrogens is 269 g/mol. The van der Waals surface area contributed by atoms with Crippen molar-refractivity contribution < 1.29 is 4.74 Å². The van der Waals surface area contributed by atoms with Crippen molar-refractivity contribution in [3.05, 3.63) is 57.6 Å². The van der Waals surface area contributed by atoms with Gasteiger partial charge in [0.05, 0.1) is 11.6 Å². The fourth-order valence-electron chi connectivity index (χ4n) is 1.50. The molecule has 90 valence electrons. The Bertz CT molecular complexity index is 632. The summed E-state index contributed by atoms with van der Waals surface area (Å²) in [4.78, 5) is 0. The lowest BCUT2D eigenvalue weighted by Gasteiger charge is -2.08. The lowest BCUT2D eigenvalue weighted by molar-refractivity contribution is 0.482. The van der Waals surface area contributed by atoms with E-state index in [-0.39, 0.29) is 0 Å². The number of halogens is 2. The maximum absolute atomic E-state index is 8.85. The van der Waals surface area contributed by atoms with Gasteiger partial charge in [0.2, 0.25) is 0 Å². The summed E-state index contributed by atoms with van der Waals surface area (Å²) in [6.45, 7) is 1.90. The molecule has 18 heavy (non-hydrogen) atoms. The van der Waals surface area contributed by atoms with Crippen LogP contribution in [0.2, 0.25) is 10.0 Å². The second-order valence-corrected chi connectivity index (χ2v) is 4.64. The molecular formula is C14H9Cl2NO. The van der Waals surface area contributed by atoms with E-state index in [0.717, 1.165) is 5.56 Å². The molecule has 0 aliphatic carbocycles. The zero-order valence-electron chi connectivity index (χ0n) is 9.58. The number of ether oxygens (including phenoxy) is 1. The van der Waals surface area contributed by atoms with Crippen molar-refractivity contribution in [3.8, 4) is 17.6 Å². The van der Waals surface area contributed by atoms with Gasteiger partial charge in [-0.05, 0) is 48.9 Å². The van der Waals surface area contributed by atoms with Crippen molar-refractivity contribution in [2.75, 3.05) is 0 Å². The molecule has 2 aromatic carbocycles. The van der Waals surface area contributed by atoms with E-state index in [1.165, 1.54) is 0 Å². The number of hydrogen-bond acceptors (Lipinski definition) is 2. The highest BCUT2D eigenvalue weighted by Crippen LogP contribution is 2.28. The van der Waals surface area contributed by atoms with Crippen molar-refractivity contribution in [3.63, 3.8) is 0 Å². The van der Waals surface area contributed by atoms with Crippen LogP contribution in [-0.2, 0) is 0 Å². The van der Waals surface area contributed by atoms with Gasteiger partial charge in [-0.2, -0.15) is 5.26 Å². The van der Waals surface area contributed by atoms with Crippen LogP contribution in [0.25, 0.3) is 0 Å². The lowest BCUT2D eigenvalue weighted by Crippen LogP contribution is -1.87. The van der Waals surface area contributed by atoms with Crippen LogP contribution in [0.5, 0.6) is 11.5 Å². The summed E-state index contributed by atoms with van der Waals surface area (Å²) in [5.74, 6) is 1.18. The first-order valence-electron chi connectivity index (χ1n) is 5.23. The molecule has 0 radical (unpaired) electrons. The lowest BCUT2D eigenvalue weighted by atomic mass is 10.2. The summed E-state index contributed by atoms with van der Waals surface area (Å²) in [7, 11) is 0. The molecule has 0 saturated heterocycles. The predicted octanol–water partition coefficient (Wildman–Crippen LogP) is 4.97. The maximum Gasteiger partial charge on any atom is 0.130 e. The normalized spacial score (nSPS) is 9.89. The second kappa shape index (κ2) is 5.30. The van der Waals surface area contributed by atoms with E-state index in [1.54, 1.807) is 30.3 Å². The van der Waals surface area contributed by atoms with E-state index in [1.807, 2.05) is 19.1 Å². The number of nitrogens with zero attached hydrogens (tertiary/aromatic N) is 1. The van der Waals surface area contributed by atoms with Crippen LogP contribution in [0, 0.1) is 18.3 Å². The number of hydrogen-bond donors (Lipinski definition) is 0. The van der Waals surface area contributed by atoms with Gasteiger partial charge in [-0.15, -0.1) is 0 Å². The van der Waals surface area contributed by atoms with Crippen molar-refractivity contribution in [1.29, 1.82) is 5.26 Å². The molecule has 2 aromatic rings. The average Bonchev–Trinajstić information content (AvgIpc) is 2.33. The second-order valence-electron chi connectivity index (χ2n) is 3.80. The van der Waals surface area contributed by atoms with Gasteiger partial charge in [0, 0.05) is 10.0 Å². The molecule has 0 fully saturated rings. The highest BCUT2D eigenvalue weighted by molar-refractivity contribution is 6.31. The minimum Gasteiger partial charge on any atom is -0.457 e. The predicted molar refractivity (Wildman–Crippen MR) is 72.4 cm³/mol. The van der Waals surface area contributed by atoms with E-state index >= 15 is 0 Å². The van der Waals surface area contributed by atoms with E-state index in [0.29, 0.717) is 27.1 Å². The van der Waals surface area contributed by atoms with Crippen molar-refractivity contribution in [2.24, 2.45) is 0 Å². The molecule has 0 bridgehead atoms. The molecule has 2 nitrogen and oxygen atoms in total. The minimum absolute atomic E-state index is 0.461. The van der Waals surface area contributed by atoms with Gasteiger partial charge in [0.1, 0.15) is 11.5 Å². The van der Waals surface area contributed by atoms with Gasteiger partial charge in [-0.1, -0.05) is 23.2 Å². The topological polar surface area (TPSA) is 33.0 Å². The van der Waals surface area contributed by atoms with Crippen LogP contribution in [-0.4, -0.2) is 0 Å². The van der Waals surface area contributed by atoms with Crippen molar-refractivity contribution >= 4 is 23.2 Å². The maximum atomic E-state index is 8.85. The summed E-state index contributed by atoms with van der Waals surface area (Å²) >= 11 is 11.8. The Morgan fingerprint density at radius 1 is 1.06 bits per heavy atom. The fourth-order valence-corrected chi connectivity index (χ4v) is 1.85. The van der Waals surface area contributed by atoms with Crippen molar-refractivity contribution in [2.45, 2.75) is 6.92 Å². The Hall–Kier alpha value is -1.69. The van der Waals surface area contributed by atoms with Crippen LogP contribution >= 0.6 is 23.2 Å². The third kappa shape index (κ3) is 2.95. The molecule has 0 N–H and O–H groups in total. The van der Waals surface area contributed by atoms with E-state index in [9.17, 15) is 0 Å². The summed E-state index contributed by atoms with van der Waals surface area (Å²) < 4.78 is 5.64. The first kappa shape index (κ1) is 12.8. The molecule has 0 aliphatic rings. The highest BCUT2D eigenvalue weighted by Gasteiger charge is 2.03. The van der Waals surface area contributed by atoms with E-state index < -0.39 is 0 Å². The zero-order valence-corrected chi connectivity index (χ0v) is 11.1. The Morgan fingerprint density at radius 2 is 1.83 bits per heavy atom. The van der Waals surface area contributed by atoms with Gasteiger partial charge in [-0.25, -0.2) is 0 Å². The summed E-state index contributed by atoms with van der Waals surface area (Å²) in [5, 5.41) is 10.0. The average molecular weight is 278 g/mol. The van der Waals surface area contributed by atoms with Gasteiger partial charge >= 0.3 is 0 Å². The summed E-state index contributed by atoms with van der Waals surface area (Å²) in [6.07, 6.45) is 0. The van der Waals surface area contributed by atoms with Crippen LogP contribution < -0.4 is 4.74 Å². The number of rotatable bonds is 2. The van der Waals surface area contributed by atoms with Crippen molar-refractivity contribution in [1.82, 2.24) is 0 Å². The van der Waals surface area contributed by atoms with Gasteiger partial charge in [-0.3, -0.25) is 0 Å². The molecule has 0 aromatic heterocycles. The third-order valence-corrected chi connectivity index (χ3v) is 3.01. The molecule has 0 aliphatic heterocycles. The Labute approximate surface area is 115 Å². The first-order valence-corrected chi connectivity index (χ1v) is 5.99. The molecule has 0 unspecified atom stereocenters. The molecule has 2 rings (SSSR count). The van der Waals surface area contributed by atoms with Crippen LogP contribution in [0.1, 0.15) is 11.1 Å². The van der Waals surface area contributed by atoms with E-state index in [2.05, 4.69) is 0 Å². The molecule has 0 amide bonds. The minimum atomic E-state index is 0.461. The smallest absolute Gasteiger partial charge is 0.130 e. The fraction of sp³-hybridized carbons (Fsp3) is 0.0714. The molecule has 0 saturated carbocycles. The third-order valence-electron chi connectivity index (χ3n) is 2.37. The highest BCUT2D eigenvalue weighted by atomic mass is 35.5. The van der Waals surface area contributed by atoms with Crippen LogP contribution in [0.15, 0.2) is 36.4 Å². The van der Waals surface area contributed by atoms with Gasteiger partial charge < -0.3 is 4.74 Å². The summed E-state index contributed by atoms with van der Waals surface area (Å²) in [5.41, 5.74) is 1.39. The number of benzene rings is 2. The Morgan fingerprint density at radius 3 is 2.50 bits per heavy atom. The Balaban J connectivity index is 2.31. The zero-order chi connectivity index (χ0) is 13.1. The molecule has 4 heteroatoms. The first-order chi connectivity index (χ1) is 8.58.